The average Bonchev–Trinajstić information content (AvgIpc) is 2.75. The lowest BCUT2D eigenvalue weighted by molar-refractivity contribution is 0.276. The summed E-state index contributed by atoms with van der Waals surface area (Å²) in [4.78, 5) is 6.30. The van der Waals surface area contributed by atoms with Gasteiger partial charge in [-0.05, 0) is 33.5 Å². The zero-order valence-corrected chi connectivity index (χ0v) is 14.1. The number of nitrogens with zero attached hydrogens (tertiary/aromatic N) is 4. The predicted molar refractivity (Wildman–Crippen MR) is 81.1 cm³/mol. The van der Waals surface area contributed by atoms with Crippen LogP contribution < -0.4 is 0 Å². The molecule has 0 aromatic rings. The van der Waals surface area contributed by atoms with Gasteiger partial charge in [0.2, 0.25) is 5.96 Å². The van der Waals surface area contributed by atoms with Crippen molar-refractivity contribution in [3.05, 3.63) is 0 Å². The van der Waals surface area contributed by atoms with Crippen molar-refractivity contribution in [3.63, 3.8) is 0 Å². The highest BCUT2D eigenvalue weighted by molar-refractivity contribution is 7.52. The second kappa shape index (κ2) is 7.98. The minimum Gasteiger partial charge on any atom is -0.344 e. The molecule has 20 heavy (non-hydrogen) atoms. The molecule has 0 aromatic carbocycles. The smallest absolute Gasteiger partial charge is 0.344 e. The van der Waals surface area contributed by atoms with Crippen LogP contribution in [0.3, 0.4) is 0 Å². The maximum absolute atomic E-state index is 12.1. The van der Waals surface area contributed by atoms with E-state index in [2.05, 4.69) is 28.7 Å². The van der Waals surface area contributed by atoms with E-state index in [4.69, 9.17) is 9.05 Å². The maximum atomic E-state index is 12.1. The highest BCUT2D eigenvalue weighted by atomic mass is 31.2. The van der Waals surface area contributed by atoms with E-state index < -0.39 is 7.75 Å². The number of unbranched alkanes of at least 4 members (excludes halogenated alkanes) is 1. The van der Waals surface area contributed by atoms with Crippen LogP contribution in [0.4, 0.5) is 0 Å². The third kappa shape index (κ3) is 5.05. The van der Waals surface area contributed by atoms with Crippen molar-refractivity contribution in [2.75, 3.05) is 61.5 Å². The van der Waals surface area contributed by atoms with E-state index in [0.717, 1.165) is 39.0 Å². The highest BCUT2D eigenvalue weighted by Crippen LogP contribution is 2.48. The van der Waals surface area contributed by atoms with E-state index >= 15 is 0 Å². The fourth-order valence-corrected chi connectivity index (χ4v) is 2.87. The molecule has 1 heterocycles. The number of guanidine groups is 1. The van der Waals surface area contributed by atoms with Gasteiger partial charge in [0, 0.05) is 40.9 Å². The molecule has 0 aliphatic carbocycles. The van der Waals surface area contributed by atoms with Crippen LogP contribution in [0.2, 0.25) is 0 Å². The molecule has 0 unspecified atom stereocenters. The molecule has 0 radical (unpaired) electrons. The van der Waals surface area contributed by atoms with Crippen LogP contribution in [0.25, 0.3) is 0 Å². The zero-order chi connectivity index (χ0) is 15.2. The van der Waals surface area contributed by atoms with Gasteiger partial charge in [-0.15, -0.1) is 4.76 Å². The Kier molecular flexibility index (Phi) is 6.95. The first-order valence-corrected chi connectivity index (χ1v) is 8.34. The number of hydrogen-bond donors (Lipinski definition) is 0. The standard InChI is InChI=1S/C12H27N4O3P/c1-14(2)8-6-7-9-16-11-10-15(3)12(16)13-20(17,18-4)19-5/h6-11H2,1-5H3/b13-12-. The van der Waals surface area contributed by atoms with Crippen molar-refractivity contribution in [2.24, 2.45) is 4.76 Å². The summed E-state index contributed by atoms with van der Waals surface area (Å²) < 4.78 is 26.1. The van der Waals surface area contributed by atoms with Gasteiger partial charge in [-0.2, -0.15) is 0 Å². The first-order valence-electron chi connectivity index (χ1n) is 6.84. The average molecular weight is 306 g/mol. The minimum absolute atomic E-state index is 0.696. The van der Waals surface area contributed by atoms with E-state index in [0.29, 0.717) is 5.96 Å². The molecule has 1 fully saturated rings. The van der Waals surface area contributed by atoms with Crippen LogP contribution in [-0.4, -0.2) is 82.2 Å². The molecule has 0 bridgehead atoms. The van der Waals surface area contributed by atoms with Gasteiger partial charge in [-0.1, -0.05) is 0 Å². The monoisotopic (exact) mass is 306 g/mol. The van der Waals surface area contributed by atoms with Crippen LogP contribution in [0.15, 0.2) is 4.76 Å². The van der Waals surface area contributed by atoms with E-state index in [-0.39, 0.29) is 0 Å². The van der Waals surface area contributed by atoms with E-state index in [1.807, 2.05) is 11.9 Å². The van der Waals surface area contributed by atoms with Gasteiger partial charge in [0.15, 0.2) is 0 Å². The molecule has 0 aromatic heterocycles. The Balaban J connectivity index is 2.62. The minimum atomic E-state index is -3.36. The summed E-state index contributed by atoms with van der Waals surface area (Å²) in [6.45, 7) is 3.75. The van der Waals surface area contributed by atoms with Crippen molar-refractivity contribution in [2.45, 2.75) is 12.8 Å². The number of rotatable bonds is 8. The third-order valence-electron chi connectivity index (χ3n) is 3.29. The molecule has 0 N–H and O–H groups in total. The van der Waals surface area contributed by atoms with Crippen LogP contribution >= 0.6 is 7.75 Å². The fraction of sp³-hybridized carbons (Fsp3) is 0.917. The maximum Gasteiger partial charge on any atom is 0.456 e. The summed E-state index contributed by atoms with van der Waals surface area (Å²) >= 11 is 0. The Labute approximate surface area is 122 Å². The number of hydrogen-bond acceptors (Lipinski definition) is 4. The normalized spacial score (nSPS) is 18.6. The molecule has 118 valence electrons. The van der Waals surface area contributed by atoms with E-state index in [1.54, 1.807) is 0 Å². The Morgan fingerprint density at radius 3 is 2.45 bits per heavy atom. The Hall–Kier alpha value is -0.620. The number of likely N-dealkylation sites (N-methyl/N-ethyl adjacent to an activating group) is 1. The van der Waals surface area contributed by atoms with Gasteiger partial charge >= 0.3 is 7.75 Å². The Morgan fingerprint density at radius 2 is 1.90 bits per heavy atom. The summed E-state index contributed by atoms with van der Waals surface area (Å²) in [5, 5.41) is 0. The van der Waals surface area contributed by atoms with Crippen LogP contribution in [0.1, 0.15) is 12.8 Å². The molecule has 0 amide bonds. The van der Waals surface area contributed by atoms with Crippen LogP contribution in [-0.2, 0) is 13.6 Å². The summed E-state index contributed by atoms with van der Waals surface area (Å²) in [7, 11) is 5.43. The lowest BCUT2D eigenvalue weighted by atomic mass is 10.3. The molecule has 1 aliphatic rings. The molecule has 7 nitrogen and oxygen atoms in total. The molecule has 0 spiro atoms. The molecule has 0 atom stereocenters. The SMILES string of the molecule is COP(=O)(/N=C1/N(C)CCN1CCCCN(C)C)OC. The largest absolute Gasteiger partial charge is 0.456 e. The lowest BCUT2D eigenvalue weighted by Crippen LogP contribution is -2.32. The summed E-state index contributed by atoms with van der Waals surface area (Å²) in [5.41, 5.74) is 0. The van der Waals surface area contributed by atoms with Crippen molar-refractivity contribution in [1.29, 1.82) is 0 Å². The van der Waals surface area contributed by atoms with Gasteiger partial charge in [-0.25, -0.2) is 4.57 Å². The van der Waals surface area contributed by atoms with Crippen molar-refractivity contribution in [1.82, 2.24) is 14.7 Å². The Bertz CT molecular complexity index is 368. The molecule has 1 aliphatic heterocycles. The van der Waals surface area contributed by atoms with Crippen LogP contribution in [0, 0.1) is 0 Å². The summed E-state index contributed by atoms with van der Waals surface area (Å²) in [5.74, 6) is 0.696. The summed E-state index contributed by atoms with van der Waals surface area (Å²) in [6.07, 6.45) is 2.21. The van der Waals surface area contributed by atoms with Gasteiger partial charge in [0.1, 0.15) is 0 Å². The summed E-state index contributed by atoms with van der Waals surface area (Å²) in [6, 6.07) is 0. The van der Waals surface area contributed by atoms with E-state index in [1.165, 1.54) is 14.2 Å². The molecular weight excluding hydrogens is 279 g/mol. The first kappa shape index (κ1) is 17.4. The van der Waals surface area contributed by atoms with Gasteiger partial charge in [0.05, 0.1) is 0 Å². The second-order valence-electron chi connectivity index (χ2n) is 5.15. The van der Waals surface area contributed by atoms with Crippen molar-refractivity contribution in [3.8, 4) is 0 Å². The van der Waals surface area contributed by atoms with Gasteiger partial charge in [-0.3, -0.25) is 9.05 Å². The Morgan fingerprint density at radius 1 is 1.25 bits per heavy atom. The lowest BCUT2D eigenvalue weighted by Gasteiger charge is -2.22. The zero-order valence-electron chi connectivity index (χ0n) is 13.2. The third-order valence-corrected chi connectivity index (χ3v) is 4.63. The fourth-order valence-electron chi connectivity index (χ4n) is 2.06. The topological polar surface area (TPSA) is 57.6 Å². The second-order valence-corrected chi connectivity index (χ2v) is 7.02. The molecule has 0 saturated carbocycles. The highest BCUT2D eigenvalue weighted by Gasteiger charge is 2.29. The molecule has 1 rings (SSSR count). The predicted octanol–water partition coefficient (Wildman–Crippen LogP) is 1.33. The van der Waals surface area contributed by atoms with Crippen molar-refractivity contribution >= 4 is 13.7 Å². The molecular formula is C12H27N4O3P. The van der Waals surface area contributed by atoms with Crippen molar-refractivity contribution < 1.29 is 13.6 Å². The van der Waals surface area contributed by atoms with Gasteiger partial charge < -0.3 is 14.7 Å². The van der Waals surface area contributed by atoms with Gasteiger partial charge in [0.25, 0.3) is 0 Å². The first-order chi connectivity index (χ1) is 9.41. The quantitative estimate of drug-likeness (QED) is 0.498. The van der Waals surface area contributed by atoms with Crippen LogP contribution in [0.5, 0.6) is 0 Å². The van der Waals surface area contributed by atoms with E-state index in [9.17, 15) is 4.57 Å². The molecule has 1 saturated heterocycles. The molecule has 8 heteroatoms.